The maximum Gasteiger partial charge on any atom is 0.264 e. The molecule has 4 aliphatic heterocycles. The second-order valence-electron chi connectivity index (χ2n) is 16.3. The Hall–Kier alpha value is -4.99. The van der Waals surface area contributed by atoms with E-state index >= 15 is 4.79 Å². The van der Waals surface area contributed by atoms with Gasteiger partial charge >= 0.3 is 0 Å². The van der Waals surface area contributed by atoms with Crippen LogP contribution in [0.2, 0.25) is 0 Å². The summed E-state index contributed by atoms with van der Waals surface area (Å²) in [7, 11) is 1.65. The number of aliphatic hydroxyl groups is 1. The number of piperidine rings is 1. The molecular weight excluding hydrogens is 691 g/mol. The Kier molecular flexibility index (Phi) is 9.80. The number of hydrogen-bond donors (Lipinski definition) is 1. The van der Waals surface area contributed by atoms with Gasteiger partial charge in [0.15, 0.2) is 5.60 Å². The van der Waals surface area contributed by atoms with Crippen LogP contribution in [-0.2, 0) is 49.6 Å². The molecule has 5 atom stereocenters. The number of fused-ring (bicyclic) bond motifs is 3. The monoisotopic (exact) mass is 741 g/mol. The van der Waals surface area contributed by atoms with Gasteiger partial charge < -0.3 is 29.3 Å². The van der Waals surface area contributed by atoms with E-state index in [9.17, 15) is 14.7 Å². The predicted molar refractivity (Wildman–Crippen MR) is 212 cm³/mol. The molecule has 9 heteroatoms. The van der Waals surface area contributed by atoms with Crippen LogP contribution in [0.5, 0.6) is 5.75 Å². The molecule has 1 N–H and O–H groups in total. The zero-order valence-corrected chi connectivity index (χ0v) is 32.2. The third-order valence-corrected chi connectivity index (χ3v) is 12.9. The molecule has 0 aromatic heterocycles. The van der Waals surface area contributed by atoms with Crippen molar-refractivity contribution < 1.29 is 29.0 Å². The summed E-state index contributed by atoms with van der Waals surface area (Å²) in [6.45, 7) is 7.75. The minimum atomic E-state index is -1.33. The van der Waals surface area contributed by atoms with Crippen molar-refractivity contribution in [1.82, 2.24) is 4.90 Å². The highest BCUT2D eigenvalue weighted by molar-refractivity contribution is 6.07. The predicted octanol–water partition coefficient (Wildman–Crippen LogP) is 6.92. The molecule has 4 heterocycles. The van der Waals surface area contributed by atoms with E-state index in [0.717, 1.165) is 57.8 Å². The first-order chi connectivity index (χ1) is 26.6. The molecule has 0 bridgehead atoms. The van der Waals surface area contributed by atoms with E-state index in [0.29, 0.717) is 32.5 Å². The van der Waals surface area contributed by atoms with Gasteiger partial charge in [0, 0.05) is 42.6 Å². The number of aliphatic hydroxyl groups excluding tert-OH is 1. The molecule has 3 amide bonds. The van der Waals surface area contributed by atoms with Gasteiger partial charge in [0.05, 0.1) is 44.5 Å². The lowest BCUT2D eigenvalue weighted by Crippen LogP contribution is -2.48. The SMILES string of the molecule is COc1ccc(C(C)(C)[C@H]2[C@H](CC(=O)N3Cc4ccccc4C[C@H]3CO)O[C@@]3(C(=O)N(Cc4cccc(N5CCCCC5=O)c4)c4ccccc43)[C@@H]2C)cc1. The number of hydrogen-bond acceptors (Lipinski definition) is 6. The maximum atomic E-state index is 15.3. The molecular formula is C46H51N3O6. The summed E-state index contributed by atoms with van der Waals surface area (Å²) < 4.78 is 12.7. The van der Waals surface area contributed by atoms with Crippen LogP contribution in [-0.4, -0.2) is 60.1 Å². The molecule has 4 aromatic rings. The highest BCUT2D eigenvalue weighted by atomic mass is 16.5. The number of rotatable bonds is 9. The number of carbonyl (C=O) groups is 3. The Morgan fingerprint density at radius 2 is 1.69 bits per heavy atom. The number of para-hydroxylation sites is 1. The average Bonchev–Trinajstić information content (AvgIpc) is 3.63. The van der Waals surface area contributed by atoms with Crippen LogP contribution in [0, 0.1) is 11.8 Å². The average molecular weight is 742 g/mol. The van der Waals surface area contributed by atoms with Gasteiger partial charge in [0.25, 0.3) is 5.91 Å². The first kappa shape index (κ1) is 37.0. The minimum absolute atomic E-state index is 0.0658. The van der Waals surface area contributed by atoms with E-state index < -0.39 is 17.1 Å². The van der Waals surface area contributed by atoms with Gasteiger partial charge in [0.2, 0.25) is 11.8 Å². The fraction of sp³-hybridized carbons (Fsp3) is 0.413. The lowest BCUT2D eigenvalue weighted by Gasteiger charge is -2.40. The van der Waals surface area contributed by atoms with E-state index in [1.807, 2.05) is 88.7 Å². The van der Waals surface area contributed by atoms with Crippen LogP contribution in [0.3, 0.4) is 0 Å². The first-order valence-corrected chi connectivity index (χ1v) is 19.7. The topological polar surface area (TPSA) is 99.6 Å². The Morgan fingerprint density at radius 3 is 2.44 bits per heavy atom. The molecule has 2 saturated heterocycles. The van der Waals surface area contributed by atoms with Crippen molar-refractivity contribution in [1.29, 1.82) is 0 Å². The summed E-state index contributed by atoms with van der Waals surface area (Å²) in [6.07, 6.45) is 2.46. The van der Waals surface area contributed by atoms with E-state index in [2.05, 4.69) is 39.0 Å². The van der Waals surface area contributed by atoms with Gasteiger partial charge in [-0.1, -0.05) is 87.5 Å². The van der Waals surface area contributed by atoms with Crippen molar-refractivity contribution in [3.8, 4) is 5.75 Å². The summed E-state index contributed by atoms with van der Waals surface area (Å²) in [4.78, 5) is 48.1. The summed E-state index contributed by atoms with van der Waals surface area (Å²) in [5.74, 6) is 0.0599. The number of benzene rings is 4. The lowest BCUT2D eigenvalue weighted by atomic mass is 9.63. The molecule has 8 rings (SSSR count). The standard InChI is InChI=1S/C46H51N3O6/c1-30-43(45(2,3)34-19-21-37(54-4)22-20-34)40(26-42(52)48-28-33-14-6-5-13-32(33)25-36(48)29-50)55-46(30)38-16-7-8-17-39(38)49(44(46)53)27-31-12-11-15-35(24-31)47-23-10-9-18-41(47)51/h5-8,11-17,19-22,24,30,36,40,43,50H,9-10,18,23,25-29H2,1-4H3/t30-,36+,40+,43-,46+/m1/s1. The first-order valence-electron chi connectivity index (χ1n) is 19.7. The van der Waals surface area contributed by atoms with Crippen LogP contribution >= 0.6 is 0 Å². The fourth-order valence-electron chi connectivity index (χ4n) is 10.0. The van der Waals surface area contributed by atoms with E-state index in [1.165, 1.54) is 0 Å². The normalized spacial score (nSPS) is 25.0. The van der Waals surface area contributed by atoms with Crippen molar-refractivity contribution in [2.45, 2.75) is 89.1 Å². The van der Waals surface area contributed by atoms with E-state index in [-0.39, 0.29) is 48.6 Å². The van der Waals surface area contributed by atoms with Crippen molar-refractivity contribution >= 4 is 29.1 Å². The quantitative estimate of drug-likeness (QED) is 0.200. The molecule has 1 spiro atoms. The molecule has 0 aliphatic carbocycles. The number of nitrogens with zero attached hydrogens (tertiary/aromatic N) is 3. The Morgan fingerprint density at radius 1 is 0.945 bits per heavy atom. The van der Waals surface area contributed by atoms with Crippen molar-refractivity contribution in [2.75, 3.05) is 30.1 Å². The maximum absolute atomic E-state index is 15.3. The van der Waals surface area contributed by atoms with Gasteiger partial charge in [-0.05, 0) is 77.3 Å². The molecule has 0 radical (unpaired) electrons. The van der Waals surface area contributed by atoms with Crippen LogP contribution in [0.4, 0.5) is 11.4 Å². The van der Waals surface area contributed by atoms with Gasteiger partial charge in [0.1, 0.15) is 5.75 Å². The number of anilines is 2. The van der Waals surface area contributed by atoms with Crippen molar-refractivity contribution in [3.63, 3.8) is 0 Å². The molecule has 2 fully saturated rings. The van der Waals surface area contributed by atoms with Crippen LogP contribution in [0.1, 0.15) is 74.3 Å². The smallest absolute Gasteiger partial charge is 0.264 e. The zero-order valence-electron chi connectivity index (χ0n) is 32.2. The summed E-state index contributed by atoms with van der Waals surface area (Å²) in [5.41, 5.74) is 4.80. The lowest BCUT2D eigenvalue weighted by molar-refractivity contribution is -0.151. The van der Waals surface area contributed by atoms with Gasteiger partial charge in [-0.2, -0.15) is 0 Å². The Bertz CT molecular complexity index is 2100. The molecule has 55 heavy (non-hydrogen) atoms. The van der Waals surface area contributed by atoms with Gasteiger partial charge in [-0.3, -0.25) is 14.4 Å². The minimum Gasteiger partial charge on any atom is -0.497 e. The van der Waals surface area contributed by atoms with Crippen LogP contribution in [0.25, 0.3) is 0 Å². The summed E-state index contributed by atoms with van der Waals surface area (Å²) in [5, 5.41) is 10.5. The van der Waals surface area contributed by atoms with Crippen molar-refractivity contribution in [2.24, 2.45) is 11.8 Å². The fourth-order valence-corrected chi connectivity index (χ4v) is 10.0. The highest BCUT2D eigenvalue weighted by Gasteiger charge is 2.66. The van der Waals surface area contributed by atoms with Crippen molar-refractivity contribution in [3.05, 3.63) is 125 Å². The molecule has 4 aliphatic rings. The number of methoxy groups -OCH3 is 1. The second-order valence-corrected chi connectivity index (χ2v) is 16.3. The molecule has 4 aromatic carbocycles. The number of ether oxygens (including phenoxy) is 2. The summed E-state index contributed by atoms with van der Waals surface area (Å²) in [6, 6.07) is 31.6. The van der Waals surface area contributed by atoms with E-state index in [1.54, 1.807) is 12.0 Å². The third kappa shape index (κ3) is 6.31. The Labute approximate surface area is 323 Å². The number of carbonyl (C=O) groups excluding carboxylic acids is 3. The molecule has 0 unspecified atom stereocenters. The van der Waals surface area contributed by atoms with E-state index in [4.69, 9.17) is 9.47 Å². The number of amides is 3. The Balaban J connectivity index is 1.16. The third-order valence-electron chi connectivity index (χ3n) is 12.9. The second kappa shape index (κ2) is 14.6. The van der Waals surface area contributed by atoms with Gasteiger partial charge in [-0.25, -0.2) is 0 Å². The highest BCUT2D eigenvalue weighted by Crippen LogP contribution is 2.60. The molecule has 9 nitrogen and oxygen atoms in total. The molecule has 286 valence electrons. The summed E-state index contributed by atoms with van der Waals surface area (Å²) >= 11 is 0. The van der Waals surface area contributed by atoms with Gasteiger partial charge in [-0.15, -0.1) is 0 Å². The van der Waals surface area contributed by atoms with Crippen LogP contribution < -0.4 is 14.5 Å². The zero-order chi connectivity index (χ0) is 38.5. The van der Waals surface area contributed by atoms with Crippen LogP contribution in [0.15, 0.2) is 97.1 Å². The molecule has 0 saturated carbocycles. The largest absolute Gasteiger partial charge is 0.497 e.